The molecule has 0 spiro atoms. The molecule has 0 radical (unpaired) electrons. The van der Waals surface area contributed by atoms with Gasteiger partial charge in [-0.2, -0.15) is 0 Å². The Labute approximate surface area is 221 Å². The van der Waals surface area contributed by atoms with Gasteiger partial charge in [0.15, 0.2) is 5.65 Å². The number of likely N-dealkylation sites (tertiary alicyclic amines) is 1. The van der Waals surface area contributed by atoms with Crippen molar-refractivity contribution in [1.29, 1.82) is 0 Å². The second kappa shape index (κ2) is 10.5. The van der Waals surface area contributed by atoms with Crippen LogP contribution in [0.5, 0.6) is 5.75 Å². The first kappa shape index (κ1) is 23.9. The summed E-state index contributed by atoms with van der Waals surface area (Å²) in [4.78, 5) is 29.6. The number of benzene rings is 1. The van der Waals surface area contributed by atoms with E-state index in [2.05, 4.69) is 31.2 Å². The van der Waals surface area contributed by atoms with E-state index in [0.29, 0.717) is 17.5 Å². The van der Waals surface area contributed by atoms with Crippen molar-refractivity contribution in [2.75, 3.05) is 37.7 Å². The van der Waals surface area contributed by atoms with E-state index in [-0.39, 0.29) is 12.1 Å². The van der Waals surface area contributed by atoms with E-state index < -0.39 is 0 Å². The van der Waals surface area contributed by atoms with Gasteiger partial charge in [0, 0.05) is 72.0 Å². The standard InChI is InChI=1S/C28H31ClN6O2/c29-20-3-5-22(6-4-20)37-18-19-2-1-13-35(17-19)28(36)33-21-9-14-34(15-10-21)25-8-12-30-24-16-32-27-23(26(24)25)7-11-31-27/h3-8,11-12,16,19,21,30H,1-2,9-10,13-15,17-18H2,(H,33,36). The molecule has 2 aliphatic heterocycles. The van der Waals surface area contributed by atoms with Gasteiger partial charge in [-0.1, -0.05) is 11.6 Å². The molecule has 0 saturated carbocycles. The molecule has 2 saturated heterocycles. The van der Waals surface area contributed by atoms with E-state index in [1.165, 1.54) is 5.69 Å². The molecule has 37 heavy (non-hydrogen) atoms. The Kier molecular flexibility index (Phi) is 6.74. The van der Waals surface area contributed by atoms with Crippen LogP contribution in [0.4, 0.5) is 10.5 Å². The molecule has 3 aromatic heterocycles. The highest BCUT2D eigenvalue weighted by Gasteiger charge is 2.28. The van der Waals surface area contributed by atoms with Gasteiger partial charge in [0.25, 0.3) is 0 Å². The summed E-state index contributed by atoms with van der Waals surface area (Å²) < 4.78 is 5.95. The Hall–Kier alpha value is -3.52. The molecular weight excluding hydrogens is 488 g/mol. The van der Waals surface area contributed by atoms with Crippen molar-refractivity contribution in [2.45, 2.75) is 31.7 Å². The number of carbonyl (C=O) groups is 1. The second-order valence-corrected chi connectivity index (χ2v) is 10.5. The number of fused-ring (bicyclic) bond motifs is 3. The van der Waals surface area contributed by atoms with Crippen LogP contribution in [0.2, 0.25) is 5.02 Å². The Bertz CT molecular complexity index is 1380. The minimum atomic E-state index is 0.0463. The number of halogens is 1. The van der Waals surface area contributed by atoms with E-state index in [9.17, 15) is 4.79 Å². The molecule has 9 heteroatoms. The molecule has 6 rings (SSSR count). The summed E-state index contributed by atoms with van der Waals surface area (Å²) in [6.07, 6.45) is 9.53. The lowest BCUT2D eigenvalue weighted by molar-refractivity contribution is 0.134. The molecule has 0 aliphatic carbocycles. The van der Waals surface area contributed by atoms with Gasteiger partial charge in [-0.15, -0.1) is 0 Å². The lowest BCUT2D eigenvalue weighted by Gasteiger charge is -2.37. The molecule has 5 heterocycles. The largest absolute Gasteiger partial charge is 0.493 e. The number of H-pyrrole nitrogens is 1. The highest BCUT2D eigenvalue weighted by molar-refractivity contribution is 6.30. The van der Waals surface area contributed by atoms with Crippen LogP contribution in [-0.4, -0.2) is 64.7 Å². The number of aromatic nitrogens is 3. The number of ether oxygens (including phenoxy) is 1. The van der Waals surface area contributed by atoms with Crippen molar-refractivity contribution in [1.82, 2.24) is 25.2 Å². The van der Waals surface area contributed by atoms with Crippen LogP contribution < -0.4 is 15.0 Å². The predicted octanol–water partition coefficient (Wildman–Crippen LogP) is 5.23. The van der Waals surface area contributed by atoms with Crippen LogP contribution in [0.25, 0.3) is 21.9 Å². The van der Waals surface area contributed by atoms with E-state index in [1.807, 2.05) is 53.8 Å². The van der Waals surface area contributed by atoms with Crippen LogP contribution in [0.1, 0.15) is 25.7 Å². The third-order valence-corrected chi connectivity index (χ3v) is 7.79. The zero-order valence-electron chi connectivity index (χ0n) is 20.7. The Balaban J connectivity index is 1.03. The van der Waals surface area contributed by atoms with Crippen molar-refractivity contribution in [3.63, 3.8) is 0 Å². The number of hydrogen-bond donors (Lipinski definition) is 2. The molecule has 1 aromatic carbocycles. The fourth-order valence-corrected chi connectivity index (χ4v) is 5.69. The number of anilines is 1. The number of nitrogens with one attached hydrogen (secondary N) is 2. The maximum Gasteiger partial charge on any atom is 0.317 e. The van der Waals surface area contributed by atoms with Gasteiger partial charge >= 0.3 is 6.03 Å². The van der Waals surface area contributed by atoms with Gasteiger partial charge < -0.3 is 24.8 Å². The number of pyridine rings is 2. The number of nitrogens with zero attached hydrogens (tertiary/aromatic N) is 4. The molecule has 1 unspecified atom stereocenters. The maximum atomic E-state index is 13.1. The zero-order valence-corrected chi connectivity index (χ0v) is 21.5. The van der Waals surface area contributed by atoms with Gasteiger partial charge in [-0.3, -0.25) is 0 Å². The molecular formula is C28H31ClN6O2. The minimum absolute atomic E-state index is 0.0463. The first-order valence-corrected chi connectivity index (χ1v) is 13.4. The lowest BCUT2D eigenvalue weighted by atomic mass is 9.99. The van der Waals surface area contributed by atoms with Crippen LogP contribution in [0, 0.1) is 5.92 Å². The normalized spacial score (nSPS) is 18.9. The van der Waals surface area contributed by atoms with Gasteiger partial charge in [-0.05, 0) is 62.1 Å². The van der Waals surface area contributed by atoms with Crippen molar-refractivity contribution in [2.24, 2.45) is 5.92 Å². The maximum absolute atomic E-state index is 13.1. The van der Waals surface area contributed by atoms with Gasteiger partial charge in [0.1, 0.15) is 5.75 Å². The number of aromatic amines is 1. The van der Waals surface area contributed by atoms with E-state index in [4.69, 9.17) is 16.3 Å². The summed E-state index contributed by atoms with van der Waals surface area (Å²) in [6, 6.07) is 11.8. The molecule has 2 N–H and O–H groups in total. The quantitative estimate of drug-likeness (QED) is 0.377. The first-order valence-electron chi connectivity index (χ1n) is 13.0. The molecule has 0 bridgehead atoms. The molecule has 2 amide bonds. The van der Waals surface area contributed by atoms with Gasteiger partial charge in [0.2, 0.25) is 0 Å². The fraction of sp³-hybridized carbons (Fsp3) is 0.393. The van der Waals surface area contributed by atoms with Crippen LogP contribution in [0.15, 0.2) is 55.0 Å². The molecule has 2 aliphatic rings. The monoisotopic (exact) mass is 518 g/mol. The Morgan fingerprint density at radius 1 is 1.08 bits per heavy atom. The predicted molar refractivity (Wildman–Crippen MR) is 146 cm³/mol. The van der Waals surface area contributed by atoms with Crippen molar-refractivity contribution >= 4 is 45.3 Å². The van der Waals surface area contributed by atoms with Crippen LogP contribution in [0.3, 0.4) is 0 Å². The summed E-state index contributed by atoms with van der Waals surface area (Å²) in [7, 11) is 0. The van der Waals surface area contributed by atoms with Crippen LogP contribution in [-0.2, 0) is 0 Å². The highest BCUT2D eigenvalue weighted by Crippen LogP contribution is 2.32. The van der Waals surface area contributed by atoms with E-state index in [0.717, 1.165) is 79.5 Å². The van der Waals surface area contributed by atoms with Gasteiger partial charge in [-0.25, -0.2) is 14.8 Å². The number of amides is 2. The first-order chi connectivity index (χ1) is 18.1. The smallest absolute Gasteiger partial charge is 0.317 e. The molecule has 1 atom stereocenters. The number of hydrogen-bond acceptors (Lipinski definition) is 5. The fourth-order valence-electron chi connectivity index (χ4n) is 5.56. The number of rotatable bonds is 5. The van der Waals surface area contributed by atoms with E-state index in [1.54, 1.807) is 0 Å². The summed E-state index contributed by atoms with van der Waals surface area (Å²) in [5.74, 6) is 1.14. The average molecular weight is 519 g/mol. The highest BCUT2D eigenvalue weighted by atomic mass is 35.5. The number of piperidine rings is 2. The van der Waals surface area contributed by atoms with Crippen molar-refractivity contribution in [3.8, 4) is 5.75 Å². The Morgan fingerprint density at radius 3 is 2.76 bits per heavy atom. The zero-order chi connectivity index (χ0) is 25.2. The summed E-state index contributed by atoms with van der Waals surface area (Å²) in [5.41, 5.74) is 2.97. The summed E-state index contributed by atoms with van der Waals surface area (Å²) >= 11 is 5.96. The summed E-state index contributed by atoms with van der Waals surface area (Å²) in [5, 5.41) is 6.23. The lowest BCUT2D eigenvalue weighted by Crippen LogP contribution is -2.52. The molecule has 4 aromatic rings. The number of urea groups is 1. The van der Waals surface area contributed by atoms with Gasteiger partial charge in [0.05, 0.1) is 18.3 Å². The second-order valence-electron chi connectivity index (χ2n) is 10.0. The minimum Gasteiger partial charge on any atom is -0.493 e. The third-order valence-electron chi connectivity index (χ3n) is 7.54. The topological polar surface area (TPSA) is 86.4 Å². The molecule has 2 fully saturated rings. The van der Waals surface area contributed by atoms with Crippen molar-refractivity contribution in [3.05, 3.63) is 60.0 Å². The van der Waals surface area contributed by atoms with Crippen LogP contribution >= 0.6 is 11.6 Å². The average Bonchev–Trinajstić information content (AvgIpc) is 3.42. The SMILES string of the molecule is O=C(NC1CCN(c2cc[nH]c3cnc4nccc4c23)CC1)N1CCCC(COc2ccc(Cl)cc2)C1. The van der Waals surface area contributed by atoms with Crippen molar-refractivity contribution < 1.29 is 9.53 Å². The van der Waals surface area contributed by atoms with E-state index >= 15 is 0 Å². The summed E-state index contributed by atoms with van der Waals surface area (Å²) in [6.45, 7) is 3.90. The Morgan fingerprint density at radius 2 is 1.92 bits per heavy atom. The molecule has 8 nitrogen and oxygen atoms in total. The third kappa shape index (κ3) is 5.16. The molecule has 192 valence electrons. The number of carbonyl (C=O) groups excluding carboxylic acids is 1.